The Morgan fingerprint density at radius 2 is 0.929 bits per heavy atom. The van der Waals surface area contributed by atoms with Gasteiger partial charge in [-0.2, -0.15) is 0 Å². The molecular formula is C56H40BBrCl2N4O6. The van der Waals surface area contributed by atoms with E-state index in [2.05, 4.69) is 93.9 Å². The number of nitrogens with zero attached hydrogens (tertiary/aromatic N) is 4. The molecule has 14 heteroatoms. The summed E-state index contributed by atoms with van der Waals surface area (Å²) < 4.78 is 36.1. The quantitative estimate of drug-likeness (QED) is 0.155. The van der Waals surface area contributed by atoms with Crippen LogP contribution in [-0.4, -0.2) is 38.3 Å². The molecule has 1 saturated heterocycles. The summed E-state index contributed by atoms with van der Waals surface area (Å²) in [4.78, 5) is 17.3. The summed E-state index contributed by atoms with van der Waals surface area (Å²) in [6.45, 7) is 8.22. The van der Waals surface area contributed by atoms with E-state index >= 15 is 0 Å². The SMILES string of the molecule is Brc1cccc(-c2ccc3oc4cccnc4c3c2)c1.CC1(C)OB(c2ccc3oc4cccnc4c3c2)OC1(C)C.Clc1ccc2c(c1)oc1cccnc12.Clc1cnc2c(c1)oc1ccccc12. The Balaban J connectivity index is 0.000000103. The summed E-state index contributed by atoms with van der Waals surface area (Å²) in [5, 5.41) is 5.35. The van der Waals surface area contributed by atoms with Crippen molar-refractivity contribution in [1.82, 2.24) is 19.9 Å². The summed E-state index contributed by atoms with van der Waals surface area (Å²) in [6, 6.07) is 47.0. The fourth-order valence-corrected chi connectivity index (χ4v) is 9.04. The summed E-state index contributed by atoms with van der Waals surface area (Å²) in [6.07, 6.45) is 6.96. The standard InChI is InChI=1S/C17H18BNO3.C17H10BrNO.2C11H6ClNO/c1-16(2)17(3,4)22-18(21-16)11-7-8-13-12(10-11)15-14(20-13)6-5-9-19-15;18-13-4-1-3-11(9-13)12-6-7-15-14(10-12)17-16(20-15)5-2-8-19-17;12-7-3-4-8-10(6-7)14-9-2-1-5-13-11(8)9;12-7-5-10-11(13-6-7)8-3-1-2-4-9(8)14-10/h5-10H,1-4H3;1-10H;2*1-6H. The molecule has 8 aromatic heterocycles. The molecule has 344 valence electrons. The van der Waals surface area contributed by atoms with E-state index < -0.39 is 0 Å². The van der Waals surface area contributed by atoms with Gasteiger partial charge in [-0.1, -0.05) is 75.5 Å². The molecule has 0 spiro atoms. The highest BCUT2D eigenvalue weighted by atomic mass is 79.9. The van der Waals surface area contributed by atoms with Crippen LogP contribution >= 0.6 is 39.1 Å². The molecule has 0 bridgehead atoms. The highest BCUT2D eigenvalue weighted by Gasteiger charge is 2.51. The van der Waals surface area contributed by atoms with Crippen LogP contribution in [0.2, 0.25) is 10.0 Å². The van der Waals surface area contributed by atoms with Gasteiger partial charge in [0.25, 0.3) is 0 Å². The topological polar surface area (TPSA) is 123 Å². The number of pyridine rings is 4. The van der Waals surface area contributed by atoms with E-state index in [4.69, 9.17) is 50.2 Å². The Morgan fingerprint density at radius 3 is 1.60 bits per heavy atom. The second-order valence-electron chi connectivity index (χ2n) is 17.7. The van der Waals surface area contributed by atoms with Crippen LogP contribution in [0, 0.1) is 0 Å². The predicted octanol–water partition coefficient (Wildman–Crippen LogP) is 16.0. The third-order valence-electron chi connectivity index (χ3n) is 12.5. The van der Waals surface area contributed by atoms with E-state index in [1.807, 2.05) is 103 Å². The van der Waals surface area contributed by atoms with Crippen molar-refractivity contribution in [3.63, 3.8) is 0 Å². The van der Waals surface area contributed by atoms with Gasteiger partial charge < -0.3 is 27.0 Å². The Bertz CT molecular complexity index is 3940. The van der Waals surface area contributed by atoms with E-state index in [9.17, 15) is 0 Å². The first-order valence-electron chi connectivity index (χ1n) is 22.4. The number of benzene rings is 5. The summed E-state index contributed by atoms with van der Waals surface area (Å²) in [5.41, 5.74) is 12.7. The van der Waals surface area contributed by atoms with Crippen molar-refractivity contribution < 1.29 is 27.0 Å². The fourth-order valence-electron chi connectivity index (χ4n) is 8.33. The number of halogens is 3. The molecule has 70 heavy (non-hydrogen) atoms. The molecule has 10 nitrogen and oxygen atoms in total. The molecule has 0 N–H and O–H groups in total. The summed E-state index contributed by atoms with van der Waals surface area (Å²) in [7, 11) is -0.372. The van der Waals surface area contributed by atoms with Gasteiger partial charge >= 0.3 is 7.12 Å². The average Bonchev–Trinajstić information content (AvgIpc) is 4.16. The molecule has 14 rings (SSSR count). The lowest BCUT2D eigenvalue weighted by Gasteiger charge is -2.32. The maximum absolute atomic E-state index is 6.11. The third kappa shape index (κ3) is 8.78. The first-order chi connectivity index (χ1) is 33.9. The number of rotatable bonds is 2. The van der Waals surface area contributed by atoms with Crippen LogP contribution in [-0.2, 0) is 9.31 Å². The van der Waals surface area contributed by atoms with Crippen molar-refractivity contribution >= 4 is 140 Å². The number of aromatic nitrogens is 4. The largest absolute Gasteiger partial charge is 0.494 e. The monoisotopic (exact) mass is 1020 g/mol. The van der Waals surface area contributed by atoms with Gasteiger partial charge in [-0.15, -0.1) is 0 Å². The van der Waals surface area contributed by atoms with E-state index in [1.165, 1.54) is 5.56 Å². The smallest absolute Gasteiger partial charge is 0.454 e. The third-order valence-corrected chi connectivity index (χ3v) is 13.5. The molecule has 0 atom stereocenters. The molecule has 5 aromatic carbocycles. The van der Waals surface area contributed by atoms with Gasteiger partial charge in [-0.05, 0) is 141 Å². The minimum atomic E-state index is -0.372. The highest BCUT2D eigenvalue weighted by Crippen LogP contribution is 2.38. The minimum absolute atomic E-state index is 0.344. The van der Waals surface area contributed by atoms with E-state index in [0.717, 1.165) is 104 Å². The Labute approximate surface area is 419 Å². The average molecular weight is 1030 g/mol. The number of hydrogen-bond donors (Lipinski definition) is 0. The van der Waals surface area contributed by atoms with Crippen molar-refractivity contribution in [3.8, 4) is 11.1 Å². The molecule has 1 aliphatic rings. The Kier molecular flexibility index (Phi) is 11.9. The first-order valence-corrected chi connectivity index (χ1v) is 23.9. The van der Waals surface area contributed by atoms with Crippen LogP contribution < -0.4 is 5.46 Å². The maximum atomic E-state index is 6.11. The van der Waals surface area contributed by atoms with Gasteiger partial charge in [-0.3, -0.25) is 19.9 Å². The van der Waals surface area contributed by atoms with Crippen LogP contribution in [0.4, 0.5) is 0 Å². The lowest BCUT2D eigenvalue weighted by Crippen LogP contribution is -2.41. The van der Waals surface area contributed by atoms with E-state index in [0.29, 0.717) is 10.0 Å². The molecule has 0 unspecified atom stereocenters. The molecule has 0 amide bonds. The highest BCUT2D eigenvalue weighted by molar-refractivity contribution is 9.10. The lowest BCUT2D eigenvalue weighted by molar-refractivity contribution is 0.00578. The number of hydrogen-bond acceptors (Lipinski definition) is 10. The van der Waals surface area contributed by atoms with Gasteiger partial charge in [0.2, 0.25) is 0 Å². The van der Waals surface area contributed by atoms with E-state index in [1.54, 1.807) is 36.9 Å². The molecule has 1 fully saturated rings. The van der Waals surface area contributed by atoms with Crippen molar-refractivity contribution in [2.45, 2.75) is 38.9 Å². The van der Waals surface area contributed by atoms with Gasteiger partial charge in [0, 0.05) is 68.0 Å². The molecule has 13 aromatic rings. The second-order valence-corrected chi connectivity index (χ2v) is 19.4. The van der Waals surface area contributed by atoms with Crippen molar-refractivity contribution in [2.24, 2.45) is 0 Å². The zero-order valence-corrected chi connectivity index (χ0v) is 41.2. The maximum Gasteiger partial charge on any atom is 0.494 e. The fraction of sp³-hybridized carbons (Fsp3) is 0.107. The van der Waals surface area contributed by atoms with Crippen molar-refractivity contribution in [3.05, 3.63) is 185 Å². The van der Waals surface area contributed by atoms with Crippen molar-refractivity contribution in [2.75, 3.05) is 0 Å². The van der Waals surface area contributed by atoms with Crippen LogP contribution in [0.15, 0.2) is 193 Å². The Hall–Kier alpha value is -7.06. The molecule has 0 radical (unpaired) electrons. The minimum Gasteiger partial charge on any atom is -0.454 e. The molecule has 9 heterocycles. The normalized spacial score (nSPS) is 14.0. The van der Waals surface area contributed by atoms with Gasteiger partial charge in [0.1, 0.15) is 44.4 Å². The molecule has 1 aliphatic heterocycles. The lowest BCUT2D eigenvalue weighted by atomic mass is 9.78. The van der Waals surface area contributed by atoms with Gasteiger partial charge in [0.05, 0.1) is 16.2 Å². The van der Waals surface area contributed by atoms with Crippen LogP contribution in [0.1, 0.15) is 27.7 Å². The Morgan fingerprint density at radius 1 is 0.414 bits per heavy atom. The molecule has 0 saturated carbocycles. The van der Waals surface area contributed by atoms with Crippen LogP contribution in [0.25, 0.3) is 99.4 Å². The second kappa shape index (κ2) is 18.4. The molecule has 0 aliphatic carbocycles. The first kappa shape index (κ1) is 45.4. The van der Waals surface area contributed by atoms with Crippen LogP contribution in [0.3, 0.4) is 0 Å². The predicted molar refractivity (Wildman–Crippen MR) is 285 cm³/mol. The van der Waals surface area contributed by atoms with Crippen LogP contribution in [0.5, 0.6) is 0 Å². The molecular weight excluding hydrogens is 986 g/mol. The number of fused-ring (bicyclic) bond motifs is 12. The zero-order chi connectivity index (χ0) is 48.1. The summed E-state index contributed by atoms with van der Waals surface area (Å²) >= 11 is 15.2. The summed E-state index contributed by atoms with van der Waals surface area (Å²) in [5.74, 6) is 0. The number of para-hydroxylation sites is 1. The van der Waals surface area contributed by atoms with E-state index in [-0.39, 0.29) is 18.3 Å². The van der Waals surface area contributed by atoms with Crippen molar-refractivity contribution in [1.29, 1.82) is 0 Å². The van der Waals surface area contributed by atoms with Gasteiger partial charge in [0.15, 0.2) is 22.3 Å². The van der Waals surface area contributed by atoms with Gasteiger partial charge in [-0.25, -0.2) is 0 Å². The zero-order valence-electron chi connectivity index (χ0n) is 38.1. The number of furan rings is 4.